The highest BCUT2D eigenvalue weighted by molar-refractivity contribution is 8.68. The average Bonchev–Trinajstić information content (AvgIpc) is 2.05. The van der Waals surface area contributed by atoms with E-state index in [2.05, 4.69) is 28.7 Å². The first-order valence-corrected chi connectivity index (χ1v) is 5.19. The van der Waals surface area contributed by atoms with Crippen LogP contribution in [0.25, 0.3) is 0 Å². The first-order chi connectivity index (χ1) is 5.24. The third kappa shape index (κ3) is 2.34. The summed E-state index contributed by atoms with van der Waals surface area (Å²) in [6.07, 6.45) is 0. The molecule has 0 atom stereocenters. The van der Waals surface area contributed by atoms with Crippen LogP contribution in [0.3, 0.4) is 0 Å². The molecule has 0 amide bonds. The van der Waals surface area contributed by atoms with Crippen LogP contribution in [0.1, 0.15) is 0 Å². The van der Waals surface area contributed by atoms with Gasteiger partial charge in [0, 0.05) is 24.7 Å². The molecule has 0 saturated heterocycles. The van der Waals surface area contributed by atoms with Crippen LogP contribution < -0.4 is 4.90 Å². The Morgan fingerprint density at radius 3 is 2.64 bits per heavy atom. The zero-order valence-corrected chi connectivity index (χ0v) is 8.32. The van der Waals surface area contributed by atoms with Gasteiger partial charge in [0.15, 0.2) is 0 Å². The molecule has 0 radical (unpaired) electrons. The first kappa shape index (κ1) is 8.81. The van der Waals surface area contributed by atoms with Crippen LogP contribution in [0, 0.1) is 0 Å². The van der Waals surface area contributed by atoms with Crippen molar-refractivity contribution >= 4 is 28.1 Å². The van der Waals surface area contributed by atoms with E-state index < -0.39 is 0 Å². The van der Waals surface area contributed by atoms with Crippen molar-refractivity contribution < 1.29 is 0 Å². The maximum Gasteiger partial charge on any atom is 0.0372 e. The van der Waals surface area contributed by atoms with Crippen LogP contribution in [0.15, 0.2) is 29.2 Å². The summed E-state index contributed by atoms with van der Waals surface area (Å²) in [5.74, 6) is 0. The lowest BCUT2D eigenvalue weighted by Crippen LogP contribution is -2.07. The predicted octanol–water partition coefficient (Wildman–Crippen LogP) is 2.69. The van der Waals surface area contributed by atoms with Gasteiger partial charge < -0.3 is 4.90 Å². The van der Waals surface area contributed by atoms with Gasteiger partial charge in [-0.05, 0) is 18.2 Å². The largest absolute Gasteiger partial charge is 0.378 e. The fourth-order valence-corrected chi connectivity index (χ4v) is 1.47. The van der Waals surface area contributed by atoms with Gasteiger partial charge in [0.25, 0.3) is 0 Å². The van der Waals surface area contributed by atoms with Gasteiger partial charge >= 0.3 is 0 Å². The molecule has 11 heavy (non-hydrogen) atoms. The van der Waals surface area contributed by atoms with E-state index in [0.717, 1.165) is 0 Å². The van der Waals surface area contributed by atoms with E-state index in [9.17, 15) is 0 Å². The standard InChI is InChI=1S/C8H11NS2/c1-9(2)7-4-3-5-8(6-7)11-10/h3-6,10H,1-2H3. The van der Waals surface area contributed by atoms with Gasteiger partial charge in [0.1, 0.15) is 0 Å². The van der Waals surface area contributed by atoms with E-state index in [1.807, 2.05) is 26.2 Å². The molecular weight excluding hydrogens is 174 g/mol. The molecule has 0 aliphatic heterocycles. The predicted molar refractivity (Wildman–Crippen MR) is 55.6 cm³/mol. The summed E-state index contributed by atoms with van der Waals surface area (Å²) >= 11 is 4.12. The Kier molecular flexibility index (Phi) is 3.15. The fraction of sp³-hybridized carbons (Fsp3) is 0.250. The second-order valence-corrected chi connectivity index (χ2v) is 3.68. The highest BCUT2D eigenvalue weighted by Crippen LogP contribution is 2.24. The number of nitrogens with zero attached hydrogens (tertiary/aromatic N) is 1. The van der Waals surface area contributed by atoms with Gasteiger partial charge in [0.05, 0.1) is 0 Å². The van der Waals surface area contributed by atoms with Gasteiger partial charge in [0.2, 0.25) is 0 Å². The van der Waals surface area contributed by atoms with Crippen molar-refractivity contribution in [1.82, 2.24) is 0 Å². The van der Waals surface area contributed by atoms with Crippen LogP contribution in [-0.2, 0) is 0 Å². The van der Waals surface area contributed by atoms with Crippen molar-refractivity contribution in [3.63, 3.8) is 0 Å². The van der Waals surface area contributed by atoms with E-state index >= 15 is 0 Å². The summed E-state index contributed by atoms with van der Waals surface area (Å²) < 4.78 is 0. The van der Waals surface area contributed by atoms with Gasteiger partial charge in [-0.3, -0.25) is 0 Å². The van der Waals surface area contributed by atoms with E-state index in [1.165, 1.54) is 21.4 Å². The summed E-state index contributed by atoms with van der Waals surface area (Å²) in [6, 6.07) is 8.27. The molecule has 60 valence electrons. The van der Waals surface area contributed by atoms with E-state index in [1.54, 1.807) is 0 Å². The molecule has 1 aromatic carbocycles. The highest BCUT2D eigenvalue weighted by Gasteiger charge is 1.95. The van der Waals surface area contributed by atoms with Crippen molar-refractivity contribution in [2.24, 2.45) is 0 Å². The molecule has 0 fully saturated rings. The quantitative estimate of drug-likeness (QED) is 0.557. The molecule has 0 bridgehead atoms. The molecule has 0 aliphatic rings. The molecule has 1 aromatic rings. The van der Waals surface area contributed by atoms with E-state index in [4.69, 9.17) is 0 Å². The second-order valence-electron chi connectivity index (χ2n) is 2.48. The Balaban J connectivity index is 2.91. The summed E-state index contributed by atoms with van der Waals surface area (Å²) in [6.45, 7) is 0. The van der Waals surface area contributed by atoms with Crippen LogP contribution in [0.5, 0.6) is 0 Å². The number of thiol groups is 1. The van der Waals surface area contributed by atoms with Crippen LogP contribution in [0.4, 0.5) is 5.69 Å². The monoisotopic (exact) mass is 185 g/mol. The number of anilines is 1. The summed E-state index contributed by atoms with van der Waals surface area (Å²) in [5, 5.41) is 0. The van der Waals surface area contributed by atoms with Crippen LogP contribution >= 0.6 is 22.5 Å². The van der Waals surface area contributed by atoms with Gasteiger partial charge in [-0.15, -0.1) is 11.7 Å². The minimum Gasteiger partial charge on any atom is -0.378 e. The zero-order valence-electron chi connectivity index (χ0n) is 6.61. The lowest BCUT2D eigenvalue weighted by molar-refractivity contribution is 1.12. The van der Waals surface area contributed by atoms with Crippen LogP contribution in [0.2, 0.25) is 0 Å². The molecule has 0 heterocycles. The average molecular weight is 185 g/mol. The number of rotatable bonds is 2. The molecule has 0 saturated carbocycles. The van der Waals surface area contributed by atoms with Crippen molar-refractivity contribution in [3.8, 4) is 0 Å². The summed E-state index contributed by atoms with van der Waals surface area (Å²) in [4.78, 5) is 3.26. The van der Waals surface area contributed by atoms with E-state index in [0.29, 0.717) is 0 Å². The Hall–Kier alpha value is -0.280. The lowest BCUT2D eigenvalue weighted by Gasteiger charge is -2.12. The molecule has 3 heteroatoms. The SMILES string of the molecule is CN(C)c1cccc(SS)c1. The third-order valence-corrected chi connectivity index (χ3v) is 2.54. The highest BCUT2D eigenvalue weighted by atomic mass is 33.1. The maximum absolute atomic E-state index is 4.12. The number of hydrogen-bond acceptors (Lipinski definition) is 3. The van der Waals surface area contributed by atoms with Crippen molar-refractivity contribution in [2.45, 2.75) is 4.90 Å². The van der Waals surface area contributed by atoms with Gasteiger partial charge in [-0.2, -0.15) is 0 Å². The number of hydrogen-bond donors (Lipinski definition) is 1. The van der Waals surface area contributed by atoms with Gasteiger partial charge in [-0.1, -0.05) is 16.9 Å². The Labute approximate surface area is 76.6 Å². The summed E-state index contributed by atoms with van der Waals surface area (Å²) in [7, 11) is 5.53. The van der Waals surface area contributed by atoms with Crippen LogP contribution in [-0.4, -0.2) is 14.1 Å². The molecule has 0 unspecified atom stereocenters. The minimum atomic E-state index is 1.18. The van der Waals surface area contributed by atoms with E-state index in [-0.39, 0.29) is 0 Å². The second kappa shape index (κ2) is 3.93. The lowest BCUT2D eigenvalue weighted by atomic mass is 10.3. The van der Waals surface area contributed by atoms with Crippen molar-refractivity contribution in [3.05, 3.63) is 24.3 Å². The molecule has 0 spiro atoms. The Morgan fingerprint density at radius 1 is 1.36 bits per heavy atom. The Bertz CT molecular complexity index is 235. The van der Waals surface area contributed by atoms with Crippen molar-refractivity contribution in [1.29, 1.82) is 0 Å². The smallest absolute Gasteiger partial charge is 0.0372 e. The zero-order chi connectivity index (χ0) is 8.27. The topological polar surface area (TPSA) is 3.24 Å². The minimum absolute atomic E-state index is 1.18. The first-order valence-electron chi connectivity index (χ1n) is 3.33. The third-order valence-electron chi connectivity index (χ3n) is 1.44. The molecule has 1 nitrogen and oxygen atoms in total. The Morgan fingerprint density at radius 2 is 2.09 bits per heavy atom. The molecule has 1 rings (SSSR count). The molecular formula is C8H11NS2. The molecule has 0 aromatic heterocycles. The normalized spacial score (nSPS) is 9.73. The summed E-state index contributed by atoms with van der Waals surface area (Å²) in [5.41, 5.74) is 1.21. The molecule has 0 N–H and O–H groups in total. The number of benzene rings is 1. The maximum atomic E-state index is 4.12. The fourth-order valence-electron chi connectivity index (χ4n) is 0.818. The van der Waals surface area contributed by atoms with Gasteiger partial charge in [-0.25, -0.2) is 0 Å². The molecule has 0 aliphatic carbocycles. The van der Waals surface area contributed by atoms with Crippen molar-refractivity contribution in [2.75, 3.05) is 19.0 Å².